The molecule has 0 unspecified atom stereocenters. The van der Waals surface area contributed by atoms with Crippen molar-refractivity contribution in [2.24, 2.45) is 5.10 Å². The number of nitrogens with zero attached hydrogens (tertiary/aromatic N) is 1. The first-order chi connectivity index (χ1) is 15.8. The first-order valence-corrected chi connectivity index (χ1v) is 10.9. The first kappa shape index (κ1) is 23.9. The number of halogens is 1. The molecule has 0 heterocycles. The van der Waals surface area contributed by atoms with Crippen LogP contribution in [-0.2, 0) is 4.79 Å². The van der Waals surface area contributed by atoms with E-state index >= 15 is 0 Å². The third-order valence-corrected chi connectivity index (χ3v) is 5.04. The van der Waals surface area contributed by atoms with Crippen molar-refractivity contribution in [3.8, 4) is 5.75 Å². The van der Waals surface area contributed by atoms with Gasteiger partial charge < -0.3 is 10.1 Å². The van der Waals surface area contributed by atoms with E-state index < -0.39 is 11.9 Å². The van der Waals surface area contributed by atoms with Crippen LogP contribution in [0.2, 0.25) is 0 Å². The summed E-state index contributed by atoms with van der Waals surface area (Å²) in [6.07, 6.45) is 1.36. The molecular weight excluding hydrogens is 486 g/mol. The average Bonchev–Trinajstić information content (AvgIpc) is 2.79. The highest BCUT2D eigenvalue weighted by Gasteiger charge is 2.12. The van der Waals surface area contributed by atoms with Gasteiger partial charge in [0, 0.05) is 15.6 Å². The summed E-state index contributed by atoms with van der Waals surface area (Å²) in [6.45, 7) is 3.57. The Kier molecular flexibility index (Phi) is 8.10. The number of benzene rings is 3. The quantitative estimate of drug-likeness (QED) is 0.217. The summed E-state index contributed by atoms with van der Waals surface area (Å²) in [7, 11) is 0. The van der Waals surface area contributed by atoms with Gasteiger partial charge in [0.05, 0.1) is 18.3 Å². The van der Waals surface area contributed by atoms with Crippen molar-refractivity contribution >= 4 is 39.9 Å². The fraction of sp³-hybridized carbons (Fsp3) is 0.120. The van der Waals surface area contributed by atoms with Crippen LogP contribution in [-0.4, -0.2) is 30.5 Å². The lowest BCUT2D eigenvalue weighted by Gasteiger charge is -2.08. The molecule has 0 saturated heterocycles. The second-order valence-corrected chi connectivity index (χ2v) is 8.20. The van der Waals surface area contributed by atoms with Crippen molar-refractivity contribution < 1.29 is 19.1 Å². The molecule has 7 nitrogen and oxygen atoms in total. The van der Waals surface area contributed by atoms with Gasteiger partial charge >= 0.3 is 5.97 Å². The van der Waals surface area contributed by atoms with E-state index in [0.717, 1.165) is 15.6 Å². The Morgan fingerprint density at radius 2 is 1.70 bits per heavy atom. The molecule has 2 N–H and O–H groups in total. The molecule has 3 aromatic carbocycles. The van der Waals surface area contributed by atoms with Gasteiger partial charge in [0.25, 0.3) is 11.8 Å². The monoisotopic (exact) mass is 507 g/mol. The van der Waals surface area contributed by atoms with Crippen molar-refractivity contribution in [3.63, 3.8) is 0 Å². The Morgan fingerprint density at radius 1 is 0.939 bits per heavy atom. The number of aryl methyl sites for hydroxylation is 2. The van der Waals surface area contributed by atoms with E-state index in [1.165, 1.54) is 6.21 Å². The van der Waals surface area contributed by atoms with Crippen LogP contribution < -0.4 is 15.5 Å². The predicted octanol–water partition coefficient (Wildman–Crippen LogP) is 4.17. The number of hydrazone groups is 1. The lowest BCUT2D eigenvalue weighted by Crippen LogP contribution is -2.34. The molecule has 0 fully saturated rings. The van der Waals surface area contributed by atoms with E-state index in [0.29, 0.717) is 16.7 Å². The van der Waals surface area contributed by atoms with Crippen molar-refractivity contribution in [1.29, 1.82) is 0 Å². The third-order valence-electron chi connectivity index (χ3n) is 4.54. The zero-order chi connectivity index (χ0) is 23.8. The molecule has 3 aromatic rings. The lowest BCUT2D eigenvalue weighted by atomic mass is 10.1. The summed E-state index contributed by atoms with van der Waals surface area (Å²) in [5, 5.41) is 6.45. The SMILES string of the molecule is Cc1ccc(C(=O)NCC(=O)N/N=C\c2cc(Br)ccc2OC(=O)c2cccc(C)c2)cc1. The van der Waals surface area contributed by atoms with Gasteiger partial charge in [-0.2, -0.15) is 5.10 Å². The van der Waals surface area contributed by atoms with E-state index in [1.54, 1.807) is 48.5 Å². The highest BCUT2D eigenvalue weighted by Crippen LogP contribution is 2.23. The smallest absolute Gasteiger partial charge is 0.343 e. The zero-order valence-corrected chi connectivity index (χ0v) is 19.7. The minimum atomic E-state index is -0.501. The minimum absolute atomic E-state index is 0.238. The van der Waals surface area contributed by atoms with Gasteiger partial charge in [0.1, 0.15) is 5.75 Å². The maximum Gasteiger partial charge on any atom is 0.343 e. The van der Waals surface area contributed by atoms with E-state index in [4.69, 9.17) is 4.74 Å². The number of rotatable bonds is 7. The molecule has 0 aliphatic carbocycles. The molecule has 3 rings (SSSR count). The molecule has 0 aromatic heterocycles. The average molecular weight is 508 g/mol. The number of hydrogen-bond donors (Lipinski definition) is 2. The van der Waals surface area contributed by atoms with Crippen LogP contribution in [0.15, 0.2) is 76.3 Å². The van der Waals surface area contributed by atoms with Gasteiger partial charge in [-0.05, 0) is 56.3 Å². The molecule has 0 atom stereocenters. The Bertz CT molecular complexity index is 1210. The Morgan fingerprint density at radius 3 is 2.42 bits per heavy atom. The van der Waals surface area contributed by atoms with Crippen LogP contribution in [0, 0.1) is 13.8 Å². The number of esters is 1. The third kappa shape index (κ3) is 7.11. The summed E-state index contributed by atoms with van der Waals surface area (Å²) in [6, 6.07) is 19.2. The first-order valence-electron chi connectivity index (χ1n) is 10.1. The maximum absolute atomic E-state index is 12.5. The molecule has 8 heteroatoms. The Labute approximate surface area is 200 Å². The number of carbonyl (C=O) groups excluding carboxylic acids is 3. The van der Waals surface area contributed by atoms with Crippen LogP contribution in [0.3, 0.4) is 0 Å². The Hall–Kier alpha value is -3.78. The van der Waals surface area contributed by atoms with Gasteiger partial charge in [-0.15, -0.1) is 0 Å². The molecule has 168 valence electrons. The van der Waals surface area contributed by atoms with Crippen LogP contribution in [0.1, 0.15) is 37.4 Å². The fourth-order valence-corrected chi connectivity index (χ4v) is 3.20. The highest BCUT2D eigenvalue weighted by molar-refractivity contribution is 9.10. The van der Waals surface area contributed by atoms with Gasteiger partial charge in [0.2, 0.25) is 0 Å². The van der Waals surface area contributed by atoms with Crippen LogP contribution >= 0.6 is 15.9 Å². The lowest BCUT2D eigenvalue weighted by molar-refractivity contribution is -0.120. The standard InChI is InChI=1S/C25H22BrN3O4/c1-16-6-8-18(9-7-16)24(31)27-15-23(30)29-28-14-20-13-21(26)10-11-22(20)33-25(32)19-5-3-4-17(2)12-19/h3-14H,15H2,1-2H3,(H,27,31)(H,29,30)/b28-14-. The summed E-state index contributed by atoms with van der Waals surface area (Å²) < 4.78 is 6.26. The molecule has 0 radical (unpaired) electrons. The second-order valence-electron chi connectivity index (χ2n) is 7.28. The normalized spacial score (nSPS) is 10.6. The number of amides is 2. The minimum Gasteiger partial charge on any atom is -0.422 e. The molecule has 0 spiro atoms. The molecule has 0 bridgehead atoms. The summed E-state index contributed by atoms with van der Waals surface area (Å²) in [4.78, 5) is 36.6. The summed E-state index contributed by atoms with van der Waals surface area (Å²) in [5.41, 5.74) is 5.70. The van der Waals surface area contributed by atoms with E-state index in [9.17, 15) is 14.4 Å². The van der Waals surface area contributed by atoms with Crippen molar-refractivity contribution in [2.45, 2.75) is 13.8 Å². The van der Waals surface area contributed by atoms with Gasteiger partial charge in [-0.3, -0.25) is 9.59 Å². The second kappa shape index (κ2) is 11.2. The van der Waals surface area contributed by atoms with Gasteiger partial charge in [-0.1, -0.05) is 51.3 Å². The van der Waals surface area contributed by atoms with E-state index in [2.05, 4.69) is 31.8 Å². The molecule has 0 aliphatic heterocycles. The highest BCUT2D eigenvalue weighted by atomic mass is 79.9. The number of carbonyl (C=O) groups is 3. The largest absolute Gasteiger partial charge is 0.422 e. The molecule has 2 amide bonds. The van der Waals surface area contributed by atoms with Crippen LogP contribution in [0.5, 0.6) is 5.75 Å². The van der Waals surface area contributed by atoms with Crippen molar-refractivity contribution in [3.05, 3.63) is 99.0 Å². The Balaban J connectivity index is 1.59. The van der Waals surface area contributed by atoms with Crippen LogP contribution in [0.4, 0.5) is 0 Å². The number of nitrogens with one attached hydrogen (secondary N) is 2. The fourth-order valence-electron chi connectivity index (χ4n) is 2.82. The maximum atomic E-state index is 12.5. The number of hydrogen-bond acceptors (Lipinski definition) is 5. The topological polar surface area (TPSA) is 96.9 Å². The van der Waals surface area contributed by atoms with Gasteiger partial charge in [0.15, 0.2) is 0 Å². The number of ether oxygens (including phenoxy) is 1. The molecule has 0 saturated carbocycles. The zero-order valence-electron chi connectivity index (χ0n) is 18.1. The predicted molar refractivity (Wildman–Crippen MR) is 130 cm³/mol. The van der Waals surface area contributed by atoms with Crippen LogP contribution in [0.25, 0.3) is 0 Å². The van der Waals surface area contributed by atoms with Crippen molar-refractivity contribution in [2.75, 3.05) is 6.54 Å². The molecule has 0 aliphatic rings. The molecule has 33 heavy (non-hydrogen) atoms. The summed E-state index contributed by atoms with van der Waals surface area (Å²) >= 11 is 3.37. The van der Waals surface area contributed by atoms with Gasteiger partial charge in [-0.25, -0.2) is 10.2 Å². The van der Waals surface area contributed by atoms with E-state index in [-0.39, 0.29) is 18.2 Å². The summed E-state index contributed by atoms with van der Waals surface area (Å²) in [5.74, 6) is -1.07. The van der Waals surface area contributed by atoms with Crippen molar-refractivity contribution in [1.82, 2.24) is 10.7 Å². The molecular formula is C25H22BrN3O4. The van der Waals surface area contributed by atoms with E-state index in [1.807, 2.05) is 32.0 Å².